The number of ether oxygens (including phenoxy) is 1. The number of nitrogens with zero attached hydrogens (tertiary/aromatic N) is 3. The highest BCUT2D eigenvalue weighted by Crippen LogP contribution is 2.21. The number of nitrogen functional groups attached to an aromatic ring is 1. The Hall–Kier alpha value is -2.47. The summed E-state index contributed by atoms with van der Waals surface area (Å²) >= 11 is 0. The molecule has 3 aromatic rings. The maximum absolute atomic E-state index is 6.01. The Kier molecular flexibility index (Phi) is 2.82. The van der Waals surface area contributed by atoms with Crippen LogP contribution in [0.3, 0.4) is 0 Å². The second-order valence-corrected chi connectivity index (χ2v) is 5.13. The zero-order valence-electron chi connectivity index (χ0n) is 11.5. The maximum atomic E-state index is 6.01. The molecule has 0 amide bonds. The molecule has 1 aliphatic heterocycles. The van der Waals surface area contributed by atoms with E-state index in [1.54, 1.807) is 0 Å². The van der Waals surface area contributed by atoms with Crippen molar-refractivity contribution in [1.29, 1.82) is 0 Å². The molecular formula is C15H15N5O. The van der Waals surface area contributed by atoms with E-state index in [2.05, 4.69) is 19.9 Å². The first-order valence-corrected chi connectivity index (χ1v) is 6.95. The van der Waals surface area contributed by atoms with Crippen LogP contribution in [0, 0.1) is 0 Å². The third kappa shape index (κ3) is 2.23. The zero-order valence-corrected chi connectivity index (χ0v) is 11.5. The lowest BCUT2D eigenvalue weighted by atomic mass is 10.1. The van der Waals surface area contributed by atoms with Gasteiger partial charge in [-0.25, -0.2) is 15.0 Å². The van der Waals surface area contributed by atoms with Gasteiger partial charge in [-0.3, -0.25) is 0 Å². The van der Waals surface area contributed by atoms with Gasteiger partial charge < -0.3 is 15.5 Å². The van der Waals surface area contributed by atoms with Crippen molar-refractivity contribution in [2.24, 2.45) is 0 Å². The summed E-state index contributed by atoms with van der Waals surface area (Å²) in [6, 6.07) is 7.94. The maximum Gasteiger partial charge on any atom is 0.138 e. The fourth-order valence-electron chi connectivity index (χ4n) is 2.63. The summed E-state index contributed by atoms with van der Waals surface area (Å²) in [5.74, 6) is 2.07. The number of benzene rings is 1. The van der Waals surface area contributed by atoms with Crippen LogP contribution in [0.5, 0.6) is 0 Å². The number of rotatable bonds is 2. The topological polar surface area (TPSA) is 89.7 Å². The number of fused-ring (bicyclic) bond motifs is 2. The first-order valence-electron chi connectivity index (χ1n) is 6.95. The van der Waals surface area contributed by atoms with Gasteiger partial charge >= 0.3 is 0 Å². The molecule has 0 radical (unpaired) electrons. The molecule has 3 N–H and O–H groups in total. The second kappa shape index (κ2) is 4.82. The molecule has 2 aromatic heterocycles. The van der Waals surface area contributed by atoms with Crippen LogP contribution in [0.1, 0.15) is 22.9 Å². The number of hydrogen-bond acceptors (Lipinski definition) is 5. The summed E-state index contributed by atoms with van der Waals surface area (Å²) < 4.78 is 5.40. The molecule has 1 aliphatic rings. The molecule has 1 aromatic carbocycles. The van der Waals surface area contributed by atoms with Gasteiger partial charge in [0.1, 0.15) is 17.5 Å². The van der Waals surface area contributed by atoms with Gasteiger partial charge in [-0.2, -0.15) is 0 Å². The smallest absolute Gasteiger partial charge is 0.138 e. The lowest BCUT2D eigenvalue weighted by molar-refractivity contribution is 0.109. The highest BCUT2D eigenvalue weighted by atomic mass is 16.5. The van der Waals surface area contributed by atoms with E-state index in [-0.39, 0.29) is 0 Å². The van der Waals surface area contributed by atoms with Gasteiger partial charge in [0.25, 0.3) is 0 Å². The highest BCUT2D eigenvalue weighted by molar-refractivity contribution is 5.74. The van der Waals surface area contributed by atoms with Gasteiger partial charge in [0, 0.05) is 12.0 Å². The standard InChI is InChI=1S/C15H15N5O/c16-15-9-8-21-6-5-10(9)17-14(20-15)7-13-18-11-3-1-2-4-12(11)19-13/h1-4H,5-8H2,(H,18,19)(H2,16,17,20). The molecule has 0 aliphatic carbocycles. The summed E-state index contributed by atoms with van der Waals surface area (Å²) in [5.41, 5.74) is 9.91. The Balaban J connectivity index is 1.69. The van der Waals surface area contributed by atoms with E-state index in [9.17, 15) is 0 Å². The van der Waals surface area contributed by atoms with Crippen molar-refractivity contribution in [3.05, 3.63) is 47.2 Å². The summed E-state index contributed by atoms with van der Waals surface area (Å²) in [6.07, 6.45) is 1.34. The molecule has 0 unspecified atom stereocenters. The SMILES string of the molecule is Nc1nc(Cc2nc3ccccc3[nH]2)nc2c1COCC2. The molecule has 0 saturated carbocycles. The minimum Gasteiger partial charge on any atom is -0.383 e. The normalized spacial score (nSPS) is 14.3. The van der Waals surface area contributed by atoms with Crippen LogP contribution >= 0.6 is 0 Å². The summed E-state index contributed by atoms with van der Waals surface area (Å²) in [7, 11) is 0. The fourth-order valence-corrected chi connectivity index (χ4v) is 2.63. The summed E-state index contributed by atoms with van der Waals surface area (Å²) in [5, 5.41) is 0. The molecule has 6 heteroatoms. The number of aromatic nitrogens is 4. The van der Waals surface area contributed by atoms with Crippen molar-refractivity contribution in [3.63, 3.8) is 0 Å². The van der Waals surface area contributed by atoms with Gasteiger partial charge in [0.05, 0.1) is 36.4 Å². The molecule has 3 heterocycles. The predicted molar refractivity (Wildman–Crippen MR) is 78.7 cm³/mol. The van der Waals surface area contributed by atoms with E-state index < -0.39 is 0 Å². The molecule has 0 bridgehead atoms. The summed E-state index contributed by atoms with van der Waals surface area (Å²) in [6.45, 7) is 1.19. The van der Waals surface area contributed by atoms with E-state index in [4.69, 9.17) is 10.5 Å². The zero-order chi connectivity index (χ0) is 14.2. The van der Waals surface area contributed by atoms with E-state index in [1.807, 2.05) is 24.3 Å². The molecule has 0 spiro atoms. The minimum absolute atomic E-state index is 0.506. The first-order chi connectivity index (χ1) is 10.3. The average molecular weight is 281 g/mol. The van der Waals surface area contributed by atoms with E-state index in [1.165, 1.54) is 0 Å². The Labute approximate surface area is 121 Å². The second-order valence-electron chi connectivity index (χ2n) is 5.13. The molecule has 0 saturated heterocycles. The van der Waals surface area contributed by atoms with Gasteiger partial charge in [-0.1, -0.05) is 12.1 Å². The number of hydrogen-bond donors (Lipinski definition) is 2. The number of imidazole rings is 1. The van der Waals surface area contributed by atoms with Crippen LogP contribution < -0.4 is 5.73 Å². The van der Waals surface area contributed by atoms with Gasteiger partial charge in [-0.15, -0.1) is 0 Å². The van der Waals surface area contributed by atoms with Crippen LogP contribution in [-0.4, -0.2) is 26.5 Å². The molecule has 0 atom stereocenters. The Morgan fingerprint density at radius 2 is 2.10 bits per heavy atom. The molecule has 106 valence electrons. The molecule has 4 rings (SSSR count). The van der Waals surface area contributed by atoms with Crippen LogP contribution in [0.2, 0.25) is 0 Å². The van der Waals surface area contributed by atoms with Crippen molar-refractivity contribution in [1.82, 2.24) is 19.9 Å². The molecule has 21 heavy (non-hydrogen) atoms. The monoisotopic (exact) mass is 281 g/mol. The number of aromatic amines is 1. The number of anilines is 1. The van der Waals surface area contributed by atoms with Gasteiger partial charge in [-0.05, 0) is 12.1 Å². The molecule has 0 fully saturated rings. The van der Waals surface area contributed by atoms with Crippen LogP contribution in [-0.2, 0) is 24.2 Å². The number of H-pyrrole nitrogens is 1. The van der Waals surface area contributed by atoms with Gasteiger partial charge in [0.2, 0.25) is 0 Å². The number of nitrogens with two attached hydrogens (primary N) is 1. The summed E-state index contributed by atoms with van der Waals surface area (Å²) in [4.78, 5) is 16.8. The van der Waals surface area contributed by atoms with Crippen molar-refractivity contribution < 1.29 is 4.74 Å². The Bertz CT molecular complexity index is 778. The quantitative estimate of drug-likeness (QED) is 0.744. The highest BCUT2D eigenvalue weighted by Gasteiger charge is 2.17. The molecular weight excluding hydrogens is 266 g/mol. The van der Waals surface area contributed by atoms with E-state index in [0.717, 1.165) is 34.5 Å². The number of nitrogens with one attached hydrogen (secondary N) is 1. The van der Waals surface area contributed by atoms with Crippen molar-refractivity contribution in [2.75, 3.05) is 12.3 Å². The minimum atomic E-state index is 0.506. The Morgan fingerprint density at radius 1 is 1.19 bits per heavy atom. The van der Waals surface area contributed by atoms with Gasteiger partial charge in [0.15, 0.2) is 0 Å². The third-order valence-electron chi connectivity index (χ3n) is 3.66. The third-order valence-corrected chi connectivity index (χ3v) is 3.66. The van der Waals surface area contributed by atoms with E-state index >= 15 is 0 Å². The largest absolute Gasteiger partial charge is 0.383 e. The van der Waals surface area contributed by atoms with Crippen molar-refractivity contribution >= 4 is 16.9 Å². The predicted octanol–water partition coefficient (Wildman–Crippen LogP) is 1.60. The molecule has 6 nitrogen and oxygen atoms in total. The van der Waals surface area contributed by atoms with E-state index in [0.29, 0.717) is 31.3 Å². The fraction of sp³-hybridized carbons (Fsp3) is 0.267. The lowest BCUT2D eigenvalue weighted by Gasteiger charge is -2.17. The first kappa shape index (κ1) is 12.3. The number of para-hydroxylation sites is 2. The van der Waals surface area contributed by atoms with Crippen LogP contribution in [0.15, 0.2) is 24.3 Å². The van der Waals surface area contributed by atoms with Crippen molar-refractivity contribution in [3.8, 4) is 0 Å². The Morgan fingerprint density at radius 3 is 3.00 bits per heavy atom. The van der Waals surface area contributed by atoms with Crippen LogP contribution in [0.25, 0.3) is 11.0 Å². The van der Waals surface area contributed by atoms with Crippen molar-refractivity contribution in [2.45, 2.75) is 19.4 Å². The lowest BCUT2D eigenvalue weighted by Crippen LogP contribution is -2.17. The van der Waals surface area contributed by atoms with Crippen LogP contribution in [0.4, 0.5) is 5.82 Å². The average Bonchev–Trinajstić information content (AvgIpc) is 2.89.